The minimum atomic E-state index is 0.00375. The molecule has 0 aliphatic rings. The van der Waals surface area contributed by atoms with Gasteiger partial charge in [-0.05, 0) is 50.0 Å². The summed E-state index contributed by atoms with van der Waals surface area (Å²) in [6.07, 6.45) is 0. The molecule has 228 valence electrons. The number of ether oxygens (including phenoxy) is 4. The maximum atomic E-state index is 11.2. The van der Waals surface area contributed by atoms with Gasteiger partial charge in [0.1, 0.15) is 0 Å². The SMILES string of the molecule is C=C(C)C(=O)SCCOCCOCCSC(=O)C(=C)C.C=C(C)C(=O)SCCOCCOCCSC(=O)C(=C)C. The molecule has 0 aliphatic heterocycles. The van der Waals surface area contributed by atoms with E-state index in [1.165, 1.54) is 47.0 Å². The van der Waals surface area contributed by atoms with Gasteiger partial charge in [0.2, 0.25) is 20.5 Å². The van der Waals surface area contributed by atoms with E-state index in [-0.39, 0.29) is 20.5 Å². The van der Waals surface area contributed by atoms with E-state index in [0.717, 1.165) is 0 Å². The molecule has 0 saturated carbocycles. The number of rotatable bonds is 22. The first kappa shape index (κ1) is 41.0. The summed E-state index contributed by atoms with van der Waals surface area (Å²) < 4.78 is 21.3. The Morgan fingerprint density at radius 3 is 0.725 bits per heavy atom. The molecule has 0 aromatic heterocycles. The molecule has 0 radical (unpaired) electrons. The molecule has 8 nitrogen and oxygen atoms in total. The Balaban J connectivity index is 0. The van der Waals surface area contributed by atoms with Crippen LogP contribution in [0.5, 0.6) is 0 Å². The Bertz CT molecular complexity index is 706. The van der Waals surface area contributed by atoms with Crippen molar-refractivity contribution in [1.29, 1.82) is 0 Å². The van der Waals surface area contributed by atoms with Crippen LogP contribution in [-0.4, -0.2) is 96.3 Å². The fraction of sp³-hybridized carbons (Fsp3) is 0.571. The lowest BCUT2D eigenvalue weighted by molar-refractivity contribution is -0.108. The van der Waals surface area contributed by atoms with Crippen molar-refractivity contribution in [3.63, 3.8) is 0 Å². The molecule has 0 aromatic carbocycles. The zero-order valence-electron chi connectivity index (χ0n) is 24.2. The van der Waals surface area contributed by atoms with Gasteiger partial charge in [-0.15, -0.1) is 0 Å². The highest BCUT2D eigenvalue weighted by Gasteiger charge is 2.05. The summed E-state index contributed by atoms with van der Waals surface area (Å²) in [5.74, 6) is 2.48. The smallest absolute Gasteiger partial charge is 0.214 e. The molecule has 0 bridgehead atoms. The van der Waals surface area contributed by atoms with Crippen molar-refractivity contribution in [3.8, 4) is 0 Å². The van der Waals surface area contributed by atoms with Gasteiger partial charge in [0, 0.05) is 23.0 Å². The first-order chi connectivity index (χ1) is 18.9. The second-order valence-electron chi connectivity index (χ2n) is 8.11. The zero-order chi connectivity index (χ0) is 30.8. The lowest BCUT2D eigenvalue weighted by Gasteiger charge is -2.05. The molecule has 40 heavy (non-hydrogen) atoms. The van der Waals surface area contributed by atoms with Crippen molar-refractivity contribution >= 4 is 67.5 Å². The fourth-order valence-electron chi connectivity index (χ4n) is 1.91. The Labute approximate surface area is 256 Å². The number of hydrogen-bond donors (Lipinski definition) is 0. The maximum absolute atomic E-state index is 11.2. The van der Waals surface area contributed by atoms with E-state index >= 15 is 0 Å². The van der Waals surface area contributed by atoms with Crippen LogP contribution in [0.2, 0.25) is 0 Å². The van der Waals surface area contributed by atoms with Gasteiger partial charge in [-0.3, -0.25) is 19.2 Å². The topological polar surface area (TPSA) is 105 Å². The van der Waals surface area contributed by atoms with Crippen LogP contribution < -0.4 is 0 Å². The molecular formula is C28H44O8S4. The van der Waals surface area contributed by atoms with Crippen molar-refractivity contribution in [2.24, 2.45) is 0 Å². The van der Waals surface area contributed by atoms with Crippen LogP contribution in [0.15, 0.2) is 48.6 Å². The summed E-state index contributed by atoms with van der Waals surface area (Å²) in [5.41, 5.74) is 2.22. The standard InChI is InChI=1S/2C14H22O4S2/c2*1-11(2)13(15)19-9-7-17-5-6-18-8-10-20-14(16)12(3)4/h2*1,3,5-10H2,2,4H3. The summed E-state index contributed by atoms with van der Waals surface area (Å²) in [4.78, 5) is 44.8. The fourth-order valence-corrected chi connectivity index (χ4v) is 4.44. The van der Waals surface area contributed by atoms with Crippen molar-refractivity contribution in [2.75, 3.05) is 75.9 Å². The molecule has 0 aromatic rings. The van der Waals surface area contributed by atoms with Crippen molar-refractivity contribution in [2.45, 2.75) is 27.7 Å². The highest BCUT2D eigenvalue weighted by atomic mass is 32.2. The summed E-state index contributed by atoms with van der Waals surface area (Å²) >= 11 is 4.84. The number of carbonyl (C=O) groups excluding carboxylic acids is 4. The Morgan fingerprint density at radius 1 is 0.400 bits per heavy atom. The molecule has 0 heterocycles. The van der Waals surface area contributed by atoms with Gasteiger partial charge >= 0.3 is 0 Å². The van der Waals surface area contributed by atoms with Gasteiger partial charge in [0.15, 0.2) is 0 Å². The van der Waals surface area contributed by atoms with E-state index in [0.29, 0.717) is 98.2 Å². The minimum absolute atomic E-state index is 0.00375. The van der Waals surface area contributed by atoms with E-state index in [9.17, 15) is 19.2 Å². The first-order valence-electron chi connectivity index (χ1n) is 12.5. The van der Waals surface area contributed by atoms with Crippen LogP contribution in [0.4, 0.5) is 0 Å². The van der Waals surface area contributed by atoms with Gasteiger partial charge in [0.25, 0.3) is 0 Å². The van der Waals surface area contributed by atoms with Gasteiger partial charge in [-0.2, -0.15) is 0 Å². The summed E-state index contributed by atoms with van der Waals surface area (Å²) in [6, 6.07) is 0. The van der Waals surface area contributed by atoms with E-state index in [4.69, 9.17) is 18.9 Å². The number of carbonyl (C=O) groups is 4. The minimum Gasteiger partial charge on any atom is -0.378 e. The molecular weight excluding hydrogens is 593 g/mol. The Hall–Kier alpha value is -1.12. The van der Waals surface area contributed by atoms with Crippen molar-refractivity contribution in [3.05, 3.63) is 48.6 Å². The monoisotopic (exact) mass is 636 g/mol. The highest BCUT2D eigenvalue weighted by Crippen LogP contribution is 2.10. The second kappa shape index (κ2) is 28.0. The molecule has 0 spiro atoms. The average molecular weight is 637 g/mol. The Morgan fingerprint density at radius 2 is 0.575 bits per heavy atom. The molecule has 0 N–H and O–H groups in total. The molecule has 0 atom stereocenters. The lowest BCUT2D eigenvalue weighted by atomic mass is 10.4. The van der Waals surface area contributed by atoms with E-state index in [2.05, 4.69) is 26.3 Å². The average Bonchev–Trinajstić information content (AvgIpc) is 2.90. The molecule has 0 amide bonds. The third-order valence-electron chi connectivity index (χ3n) is 3.98. The lowest BCUT2D eigenvalue weighted by Crippen LogP contribution is -2.09. The molecule has 0 aliphatic carbocycles. The van der Waals surface area contributed by atoms with Gasteiger partial charge in [-0.25, -0.2) is 0 Å². The molecule has 0 rings (SSSR count). The van der Waals surface area contributed by atoms with Crippen LogP contribution in [0.3, 0.4) is 0 Å². The van der Waals surface area contributed by atoms with E-state index in [1.807, 2.05) is 0 Å². The normalized spacial score (nSPS) is 10.3. The predicted molar refractivity (Wildman–Crippen MR) is 172 cm³/mol. The predicted octanol–water partition coefficient (Wildman–Crippen LogP) is 5.38. The summed E-state index contributed by atoms with van der Waals surface area (Å²) in [6.45, 7) is 25.1. The van der Waals surface area contributed by atoms with Gasteiger partial charge < -0.3 is 18.9 Å². The third kappa shape index (κ3) is 28.4. The Kier molecular flexibility index (Phi) is 28.7. The summed E-state index contributed by atoms with van der Waals surface area (Å²) in [5, 5.41) is 0.0150. The molecule has 0 saturated heterocycles. The quantitative estimate of drug-likeness (QED) is 0.112. The third-order valence-corrected chi connectivity index (χ3v) is 7.91. The van der Waals surface area contributed by atoms with E-state index in [1.54, 1.807) is 27.7 Å². The van der Waals surface area contributed by atoms with Crippen LogP contribution in [0.1, 0.15) is 27.7 Å². The van der Waals surface area contributed by atoms with Crippen LogP contribution in [0.25, 0.3) is 0 Å². The van der Waals surface area contributed by atoms with Crippen LogP contribution in [-0.2, 0) is 38.1 Å². The molecule has 0 fully saturated rings. The van der Waals surface area contributed by atoms with Crippen molar-refractivity contribution in [1.82, 2.24) is 0 Å². The van der Waals surface area contributed by atoms with Gasteiger partial charge in [0.05, 0.1) is 52.9 Å². The number of thioether (sulfide) groups is 4. The second-order valence-corrected chi connectivity index (χ2v) is 12.4. The van der Waals surface area contributed by atoms with Crippen molar-refractivity contribution < 1.29 is 38.1 Å². The van der Waals surface area contributed by atoms with E-state index < -0.39 is 0 Å². The summed E-state index contributed by atoms with van der Waals surface area (Å²) in [7, 11) is 0. The van der Waals surface area contributed by atoms with Gasteiger partial charge in [-0.1, -0.05) is 73.4 Å². The first-order valence-corrected chi connectivity index (χ1v) is 16.5. The molecule has 0 unspecified atom stereocenters. The zero-order valence-corrected chi connectivity index (χ0v) is 27.5. The highest BCUT2D eigenvalue weighted by molar-refractivity contribution is 8.14. The molecule has 12 heteroatoms. The largest absolute Gasteiger partial charge is 0.378 e. The number of hydrogen-bond acceptors (Lipinski definition) is 12. The maximum Gasteiger partial charge on any atom is 0.214 e. The van der Waals surface area contributed by atoms with Crippen LogP contribution >= 0.6 is 47.0 Å². The van der Waals surface area contributed by atoms with Crippen LogP contribution in [0, 0.1) is 0 Å².